The van der Waals surface area contributed by atoms with E-state index >= 15 is 0 Å². The lowest BCUT2D eigenvalue weighted by atomic mass is 9.73. The normalized spacial score (nSPS) is 23.2. The first-order chi connectivity index (χ1) is 13.6. The molecule has 1 N–H and O–H groups in total. The molecular weight excluding hydrogens is 412 g/mol. The monoisotopic (exact) mass is 440 g/mol. The predicted octanol–water partition coefficient (Wildman–Crippen LogP) is 4.77. The number of nitrogens with one attached hydrogen (secondary N) is 1. The molecule has 1 aliphatic heterocycles. The molecule has 1 saturated carbocycles. The van der Waals surface area contributed by atoms with Crippen LogP contribution in [0.25, 0.3) is 0 Å². The molecule has 0 spiro atoms. The molecule has 4 heteroatoms. The van der Waals surface area contributed by atoms with Crippen molar-refractivity contribution in [1.29, 1.82) is 0 Å². The van der Waals surface area contributed by atoms with E-state index in [9.17, 15) is 4.79 Å². The largest absolute Gasteiger partial charge is 0.339 e. The lowest BCUT2D eigenvalue weighted by Gasteiger charge is -2.42. The third kappa shape index (κ3) is 4.49. The minimum Gasteiger partial charge on any atom is -0.339 e. The van der Waals surface area contributed by atoms with Crippen LogP contribution in [0.15, 0.2) is 59.1 Å². The Bertz CT molecular complexity index is 816. The Labute approximate surface area is 176 Å². The zero-order chi connectivity index (χ0) is 19.6. The summed E-state index contributed by atoms with van der Waals surface area (Å²) in [5.74, 6) is 0.713. The fourth-order valence-corrected chi connectivity index (χ4v) is 5.28. The van der Waals surface area contributed by atoms with E-state index in [-0.39, 0.29) is 11.3 Å². The first kappa shape index (κ1) is 19.7. The van der Waals surface area contributed by atoms with Crippen LogP contribution in [0.5, 0.6) is 0 Å². The lowest BCUT2D eigenvalue weighted by Crippen LogP contribution is -2.48. The first-order valence-electron chi connectivity index (χ1n) is 10.3. The third-order valence-electron chi connectivity index (χ3n) is 6.43. The van der Waals surface area contributed by atoms with Crippen LogP contribution < -0.4 is 5.32 Å². The van der Waals surface area contributed by atoms with E-state index < -0.39 is 0 Å². The molecule has 2 aliphatic rings. The number of benzene rings is 2. The van der Waals surface area contributed by atoms with Crippen LogP contribution in [0.1, 0.15) is 43.2 Å². The lowest BCUT2D eigenvalue weighted by molar-refractivity contribution is -0.131. The van der Waals surface area contributed by atoms with Crippen molar-refractivity contribution >= 4 is 21.8 Å². The van der Waals surface area contributed by atoms with Gasteiger partial charge in [-0.2, -0.15) is 0 Å². The van der Waals surface area contributed by atoms with Crippen LogP contribution in [0.3, 0.4) is 0 Å². The van der Waals surface area contributed by atoms with Gasteiger partial charge in [0.15, 0.2) is 0 Å². The predicted molar refractivity (Wildman–Crippen MR) is 117 cm³/mol. The van der Waals surface area contributed by atoms with Gasteiger partial charge in [0.25, 0.3) is 0 Å². The van der Waals surface area contributed by atoms with E-state index in [1.54, 1.807) is 6.92 Å². The maximum Gasteiger partial charge on any atom is 0.219 e. The van der Waals surface area contributed by atoms with Gasteiger partial charge in [0.2, 0.25) is 5.91 Å². The Morgan fingerprint density at radius 1 is 1.14 bits per heavy atom. The highest BCUT2D eigenvalue weighted by molar-refractivity contribution is 9.10. The van der Waals surface area contributed by atoms with Crippen LogP contribution in [-0.4, -0.2) is 36.5 Å². The van der Waals surface area contributed by atoms with Crippen LogP contribution in [-0.2, 0) is 11.2 Å². The Kier molecular flexibility index (Phi) is 5.88. The molecule has 0 bridgehead atoms. The van der Waals surface area contributed by atoms with Gasteiger partial charge >= 0.3 is 0 Å². The van der Waals surface area contributed by atoms with Gasteiger partial charge in [-0.15, -0.1) is 0 Å². The average Bonchev–Trinajstić information content (AvgIpc) is 3.48. The quantitative estimate of drug-likeness (QED) is 0.701. The summed E-state index contributed by atoms with van der Waals surface area (Å²) >= 11 is 3.61. The molecule has 1 saturated heterocycles. The Balaban J connectivity index is 1.53. The van der Waals surface area contributed by atoms with Gasteiger partial charge in [0.1, 0.15) is 0 Å². The third-order valence-corrected chi connectivity index (χ3v) is 6.92. The van der Waals surface area contributed by atoms with E-state index in [1.165, 1.54) is 11.1 Å². The van der Waals surface area contributed by atoms with Crippen LogP contribution >= 0.6 is 15.9 Å². The van der Waals surface area contributed by atoms with E-state index in [4.69, 9.17) is 0 Å². The molecule has 3 nitrogen and oxygen atoms in total. The Morgan fingerprint density at radius 2 is 1.89 bits per heavy atom. The molecular formula is C24H29BrN2O. The highest BCUT2D eigenvalue weighted by Gasteiger charge is 2.46. The molecule has 2 atom stereocenters. The molecule has 148 valence electrons. The topological polar surface area (TPSA) is 32.3 Å². The van der Waals surface area contributed by atoms with Gasteiger partial charge in [0, 0.05) is 29.9 Å². The van der Waals surface area contributed by atoms with Crippen molar-refractivity contribution < 1.29 is 4.79 Å². The number of amides is 1. The number of carbonyl (C=O) groups is 1. The van der Waals surface area contributed by atoms with Crippen molar-refractivity contribution in [3.05, 3.63) is 70.2 Å². The minimum absolute atomic E-state index is 0.154. The fourth-order valence-electron chi connectivity index (χ4n) is 4.84. The number of halogens is 1. The van der Waals surface area contributed by atoms with Gasteiger partial charge in [-0.3, -0.25) is 4.79 Å². The van der Waals surface area contributed by atoms with Crippen LogP contribution in [0, 0.1) is 5.41 Å². The van der Waals surface area contributed by atoms with E-state index in [2.05, 4.69) is 80.7 Å². The molecule has 2 fully saturated rings. The Hall–Kier alpha value is -1.65. The molecule has 1 unspecified atom stereocenters. The zero-order valence-electron chi connectivity index (χ0n) is 16.5. The van der Waals surface area contributed by atoms with E-state index in [1.807, 2.05) is 0 Å². The summed E-state index contributed by atoms with van der Waals surface area (Å²) in [6.07, 6.45) is 4.35. The average molecular weight is 441 g/mol. The summed E-state index contributed by atoms with van der Waals surface area (Å²) in [4.78, 5) is 14.8. The molecule has 0 aromatic heterocycles. The van der Waals surface area contributed by atoms with Crippen LogP contribution in [0.4, 0.5) is 0 Å². The smallest absolute Gasteiger partial charge is 0.219 e. The highest BCUT2D eigenvalue weighted by atomic mass is 79.9. The molecule has 1 heterocycles. The second kappa shape index (κ2) is 8.38. The summed E-state index contributed by atoms with van der Waals surface area (Å²) in [5, 5.41) is 3.51. The maximum atomic E-state index is 12.6. The number of nitrogens with zero attached hydrogens (tertiary/aromatic N) is 1. The van der Waals surface area contributed by atoms with Gasteiger partial charge in [0.05, 0.1) is 0 Å². The standard InChI is InChI=1S/C24H29BrN2O/c1-18(28)27(23-15-22(23)20-7-3-2-4-8-20)17-24(10-12-26-13-11-24)16-19-6-5-9-21(25)14-19/h2-9,14,22-23,26H,10-13,15-17H2,1H3/t22?,23-/m1/s1. The van der Waals surface area contributed by atoms with Crippen molar-refractivity contribution in [2.75, 3.05) is 19.6 Å². The number of carbonyl (C=O) groups excluding carboxylic acids is 1. The minimum atomic E-state index is 0.154. The highest BCUT2D eigenvalue weighted by Crippen LogP contribution is 2.46. The molecule has 2 aromatic rings. The zero-order valence-corrected chi connectivity index (χ0v) is 18.1. The molecule has 1 aliphatic carbocycles. The van der Waals surface area contributed by atoms with E-state index in [0.717, 1.165) is 49.8 Å². The molecule has 0 radical (unpaired) electrons. The first-order valence-corrected chi connectivity index (χ1v) is 11.1. The van der Waals surface area contributed by atoms with Crippen molar-refractivity contribution in [3.8, 4) is 0 Å². The number of piperidine rings is 1. The second-order valence-corrected chi connectivity index (χ2v) is 9.44. The maximum absolute atomic E-state index is 12.6. The van der Waals surface area contributed by atoms with Crippen molar-refractivity contribution in [2.45, 2.75) is 44.6 Å². The second-order valence-electron chi connectivity index (χ2n) is 8.52. The summed E-state index contributed by atoms with van der Waals surface area (Å²) in [6.45, 7) is 4.68. The number of hydrogen-bond acceptors (Lipinski definition) is 2. The molecule has 4 rings (SSSR count). The van der Waals surface area contributed by atoms with Gasteiger partial charge in [-0.25, -0.2) is 0 Å². The summed E-state index contributed by atoms with van der Waals surface area (Å²) < 4.78 is 1.13. The molecule has 28 heavy (non-hydrogen) atoms. The summed E-state index contributed by atoms with van der Waals surface area (Å²) in [5.41, 5.74) is 2.88. The van der Waals surface area contributed by atoms with Crippen molar-refractivity contribution in [2.24, 2.45) is 5.41 Å². The fraction of sp³-hybridized carbons (Fsp3) is 0.458. The molecule has 1 amide bonds. The van der Waals surface area contributed by atoms with E-state index in [0.29, 0.717) is 12.0 Å². The van der Waals surface area contributed by atoms with Gasteiger partial charge in [-0.05, 0) is 67.4 Å². The summed E-state index contributed by atoms with van der Waals surface area (Å²) in [6, 6.07) is 19.7. The van der Waals surface area contributed by atoms with Crippen LogP contribution in [0.2, 0.25) is 0 Å². The van der Waals surface area contributed by atoms with Gasteiger partial charge in [-0.1, -0.05) is 58.4 Å². The number of rotatable bonds is 6. The van der Waals surface area contributed by atoms with Crippen molar-refractivity contribution in [1.82, 2.24) is 10.2 Å². The molecule has 2 aromatic carbocycles. The van der Waals surface area contributed by atoms with Gasteiger partial charge < -0.3 is 10.2 Å². The SMILES string of the molecule is CC(=O)N(CC1(Cc2cccc(Br)c2)CCNCC1)[C@@H]1CC1c1ccccc1. The summed E-state index contributed by atoms with van der Waals surface area (Å²) in [7, 11) is 0. The Morgan fingerprint density at radius 3 is 2.57 bits per heavy atom. The number of hydrogen-bond donors (Lipinski definition) is 1. The van der Waals surface area contributed by atoms with Crippen molar-refractivity contribution in [3.63, 3.8) is 0 Å².